The Kier molecular flexibility index (Phi) is 3.60. The molecule has 0 saturated carbocycles. The molecule has 0 spiro atoms. The van der Waals surface area contributed by atoms with Gasteiger partial charge in [-0.3, -0.25) is 0 Å². The molecule has 0 fully saturated rings. The summed E-state index contributed by atoms with van der Waals surface area (Å²) in [7, 11) is 1.63. The number of aryl methyl sites for hydroxylation is 1. The lowest BCUT2D eigenvalue weighted by molar-refractivity contribution is 0.213. The van der Waals surface area contributed by atoms with E-state index >= 15 is 0 Å². The minimum absolute atomic E-state index is 0.177. The van der Waals surface area contributed by atoms with E-state index in [9.17, 15) is 5.11 Å². The van der Waals surface area contributed by atoms with Crippen LogP contribution < -0.4 is 9.47 Å². The van der Waals surface area contributed by atoms with Gasteiger partial charge in [0.05, 0.1) is 7.11 Å². The molecule has 3 nitrogen and oxygen atoms in total. The highest BCUT2D eigenvalue weighted by atomic mass is 16.5. The molecule has 21 heavy (non-hydrogen) atoms. The molecule has 3 rings (SSSR count). The largest absolute Gasteiger partial charge is 0.496 e. The second-order valence-corrected chi connectivity index (χ2v) is 5.65. The van der Waals surface area contributed by atoms with Crippen LogP contribution in [0.1, 0.15) is 35.3 Å². The molecule has 2 unspecified atom stereocenters. The molecule has 0 aliphatic carbocycles. The smallest absolute Gasteiger partial charge is 0.125 e. The van der Waals surface area contributed by atoms with Crippen LogP contribution in [0.5, 0.6) is 11.5 Å². The maximum absolute atomic E-state index is 10.7. The molecule has 110 valence electrons. The van der Waals surface area contributed by atoms with Gasteiger partial charge in [-0.1, -0.05) is 29.8 Å². The molecule has 2 atom stereocenters. The molecule has 1 heterocycles. The zero-order valence-corrected chi connectivity index (χ0v) is 12.6. The molecule has 0 amide bonds. The molecule has 2 aromatic rings. The van der Waals surface area contributed by atoms with Gasteiger partial charge in [0.15, 0.2) is 0 Å². The summed E-state index contributed by atoms with van der Waals surface area (Å²) in [5, 5.41) is 10.7. The van der Waals surface area contributed by atoms with Crippen molar-refractivity contribution in [3.63, 3.8) is 0 Å². The number of fused-ring (bicyclic) bond motifs is 1. The summed E-state index contributed by atoms with van der Waals surface area (Å²) in [6.45, 7) is 4.06. The van der Waals surface area contributed by atoms with E-state index in [2.05, 4.69) is 0 Å². The van der Waals surface area contributed by atoms with Crippen LogP contribution in [0.4, 0.5) is 0 Å². The Balaban J connectivity index is 2.03. The average molecular weight is 284 g/mol. The minimum atomic E-state index is -0.718. The molecule has 2 aromatic carbocycles. The van der Waals surface area contributed by atoms with Crippen molar-refractivity contribution < 1.29 is 14.6 Å². The molecular formula is C18H20O3. The van der Waals surface area contributed by atoms with Crippen LogP contribution in [-0.4, -0.2) is 18.3 Å². The van der Waals surface area contributed by atoms with Crippen LogP contribution in [0, 0.1) is 6.92 Å². The summed E-state index contributed by atoms with van der Waals surface area (Å²) >= 11 is 0. The minimum Gasteiger partial charge on any atom is -0.496 e. The van der Waals surface area contributed by atoms with Gasteiger partial charge in [-0.25, -0.2) is 0 Å². The molecule has 1 aliphatic heterocycles. The van der Waals surface area contributed by atoms with Crippen LogP contribution in [0.15, 0.2) is 36.4 Å². The van der Waals surface area contributed by atoms with Gasteiger partial charge in [0, 0.05) is 17.5 Å². The third-order valence-corrected chi connectivity index (χ3v) is 3.90. The van der Waals surface area contributed by atoms with Gasteiger partial charge in [0.2, 0.25) is 0 Å². The van der Waals surface area contributed by atoms with Gasteiger partial charge >= 0.3 is 0 Å². The van der Waals surface area contributed by atoms with E-state index in [-0.39, 0.29) is 6.10 Å². The second-order valence-electron chi connectivity index (χ2n) is 5.65. The first-order chi connectivity index (χ1) is 10.1. The summed E-state index contributed by atoms with van der Waals surface area (Å²) in [5.41, 5.74) is 3.87. The molecule has 0 aromatic heterocycles. The Bertz CT molecular complexity index is 664. The molecule has 0 radical (unpaired) electrons. The Morgan fingerprint density at radius 3 is 2.81 bits per heavy atom. The van der Waals surface area contributed by atoms with Crippen molar-refractivity contribution in [2.45, 2.75) is 32.5 Å². The van der Waals surface area contributed by atoms with Crippen LogP contribution in [0.25, 0.3) is 0 Å². The monoisotopic (exact) mass is 284 g/mol. The topological polar surface area (TPSA) is 38.7 Å². The van der Waals surface area contributed by atoms with Gasteiger partial charge < -0.3 is 14.6 Å². The van der Waals surface area contributed by atoms with Crippen LogP contribution >= 0.6 is 0 Å². The Hall–Kier alpha value is -2.00. The molecule has 0 bridgehead atoms. The lowest BCUT2D eigenvalue weighted by Crippen LogP contribution is -2.05. The fourth-order valence-electron chi connectivity index (χ4n) is 2.87. The predicted octanol–water partition coefficient (Wildman–Crippen LogP) is 3.41. The Morgan fingerprint density at radius 1 is 1.29 bits per heavy atom. The van der Waals surface area contributed by atoms with E-state index in [1.807, 2.05) is 50.2 Å². The van der Waals surface area contributed by atoms with E-state index < -0.39 is 6.10 Å². The van der Waals surface area contributed by atoms with Gasteiger partial charge in [0.25, 0.3) is 0 Å². The SMILES string of the molecule is COc1cc2c(cc1C(O)c1cccc(C)c1)OC(C)C2. The van der Waals surface area contributed by atoms with E-state index in [0.29, 0.717) is 5.75 Å². The zero-order chi connectivity index (χ0) is 15.0. The van der Waals surface area contributed by atoms with Crippen molar-refractivity contribution >= 4 is 0 Å². The number of methoxy groups -OCH3 is 1. The van der Waals surface area contributed by atoms with Crippen LogP contribution in [0.2, 0.25) is 0 Å². The van der Waals surface area contributed by atoms with Gasteiger partial charge in [-0.05, 0) is 31.5 Å². The lowest BCUT2D eigenvalue weighted by Gasteiger charge is -2.17. The number of ether oxygens (including phenoxy) is 2. The molecule has 0 saturated heterocycles. The maximum atomic E-state index is 10.7. The van der Waals surface area contributed by atoms with Crippen molar-refractivity contribution in [3.05, 3.63) is 58.7 Å². The maximum Gasteiger partial charge on any atom is 0.125 e. The van der Waals surface area contributed by atoms with Crippen LogP contribution in [-0.2, 0) is 6.42 Å². The summed E-state index contributed by atoms with van der Waals surface area (Å²) in [4.78, 5) is 0. The number of rotatable bonds is 3. The van der Waals surface area contributed by atoms with Crippen LogP contribution in [0.3, 0.4) is 0 Å². The summed E-state index contributed by atoms with van der Waals surface area (Å²) in [6.07, 6.45) is 0.340. The average Bonchev–Trinajstić information content (AvgIpc) is 2.84. The van der Waals surface area contributed by atoms with Gasteiger partial charge in [-0.15, -0.1) is 0 Å². The lowest BCUT2D eigenvalue weighted by atomic mass is 9.97. The number of aliphatic hydroxyl groups is 1. The summed E-state index contributed by atoms with van der Waals surface area (Å²) < 4.78 is 11.3. The van der Waals surface area contributed by atoms with Crippen molar-refractivity contribution in [1.82, 2.24) is 0 Å². The number of hydrogen-bond donors (Lipinski definition) is 1. The summed E-state index contributed by atoms with van der Waals surface area (Å²) in [5.74, 6) is 1.56. The van der Waals surface area contributed by atoms with Crippen molar-refractivity contribution in [2.75, 3.05) is 7.11 Å². The van der Waals surface area contributed by atoms with Crippen molar-refractivity contribution in [1.29, 1.82) is 0 Å². The van der Waals surface area contributed by atoms with E-state index in [4.69, 9.17) is 9.47 Å². The van der Waals surface area contributed by atoms with E-state index in [1.165, 1.54) is 0 Å². The summed E-state index contributed by atoms with van der Waals surface area (Å²) in [6, 6.07) is 11.8. The number of hydrogen-bond acceptors (Lipinski definition) is 3. The Labute approximate surface area is 125 Å². The second kappa shape index (κ2) is 5.41. The number of benzene rings is 2. The van der Waals surface area contributed by atoms with Crippen molar-refractivity contribution in [3.8, 4) is 11.5 Å². The van der Waals surface area contributed by atoms with E-state index in [0.717, 1.165) is 34.4 Å². The third-order valence-electron chi connectivity index (χ3n) is 3.90. The van der Waals surface area contributed by atoms with Gasteiger partial charge in [0.1, 0.15) is 23.7 Å². The molecule has 1 N–H and O–H groups in total. The standard InChI is InChI=1S/C18H20O3/c1-11-5-4-6-13(7-11)18(19)15-10-16-14(8-12(2)21-16)9-17(15)20-3/h4-7,9-10,12,18-19H,8H2,1-3H3. The highest BCUT2D eigenvalue weighted by Gasteiger charge is 2.24. The highest BCUT2D eigenvalue weighted by Crippen LogP contribution is 2.39. The molecule has 1 aliphatic rings. The van der Waals surface area contributed by atoms with Crippen molar-refractivity contribution in [2.24, 2.45) is 0 Å². The fourth-order valence-corrected chi connectivity index (χ4v) is 2.87. The quantitative estimate of drug-likeness (QED) is 0.938. The first-order valence-electron chi connectivity index (χ1n) is 7.20. The normalized spacial score (nSPS) is 18.0. The molecule has 3 heteroatoms. The third kappa shape index (κ3) is 2.61. The first kappa shape index (κ1) is 14.0. The Morgan fingerprint density at radius 2 is 2.10 bits per heavy atom. The first-order valence-corrected chi connectivity index (χ1v) is 7.20. The highest BCUT2D eigenvalue weighted by molar-refractivity contribution is 5.51. The predicted molar refractivity (Wildman–Crippen MR) is 82.0 cm³/mol. The number of aliphatic hydroxyl groups excluding tert-OH is 1. The van der Waals surface area contributed by atoms with E-state index in [1.54, 1.807) is 7.11 Å². The zero-order valence-electron chi connectivity index (χ0n) is 12.6. The fraction of sp³-hybridized carbons (Fsp3) is 0.333. The molecular weight excluding hydrogens is 264 g/mol. The van der Waals surface area contributed by atoms with Gasteiger partial charge in [-0.2, -0.15) is 0 Å².